The fourth-order valence-corrected chi connectivity index (χ4v) is 7.49. The van der Waals surface area contributed by atoms with E-state index < -0.39 is 0 Å². The van der Waals surface area contributed by atoms with Crippen molar-refractivity contribution in [1.29, 1.82) is 0 Å². The van der Waals surface area contributed by atoms with E-state index in [2.05, 4.69) is 83.5 Å². The van der Waals surface area contributed by atoms with E-state index in [1.54, 1.807) is 12.1 Å². The van der Waals surface area contributed by atoms with E-state index >= 15 is 0 Å². The second-order valence-corrected chi connectivity index (χ2v) is 16.4. The highest BCUT2D eigenvalue weighted by molar-refractivity contribution is 9.10. The highest BCUT2D eigenvalue weighted by atomic mass is 79.9. The normalized spacial score (nSPS) is 21.6. The molecule has 5 heterocycles. The van der Waals surface area contributed by atoms with Crippen LogP contribution in [-0.2, 0) is 32.0 Å². The summed E-state index contributed by atoms with van der Waals surface area (Å²) in [7, 11) is -0.250. The molecule has 4 aromatic heterocycles. The molecule has 0 amide bonds. The van der Waals surface area contributed by atoms with Gasteiger partial charge in [0, 0.05) is 0 Å². The summed E-state index contributed by atoms with van der Waals surface area (Å²) >= 11 is 3.44. The lowest BCUT2D eigenvalue weighted by Crippen LogP contribution is -2.41. The van der Waals surface area contributed by atoms with Crippen molar-refractivity contribution in [2.24, 2.45) is 0 Å². The minimum Gasteiger partial charge on any atom is -0.400 e. The number of aromatic nitrogens is 8. The number of nitrogens with two attached hydrogens (primary N) is 2. The summed E-state index contributed by atoms with van der Waals surface area (Å²) in [5.74, 6) is 2.57. The Morgan fingerprint density at radius 2 is 1.17 bits per heavy atom. The van der Waals surface area contributed by atoms with Crippen molar-refractivity contribution in [3.05, 3.63) is 114 Å². The predicted molar refractivity (Wildman–Crippen MR) is 230 cm³/mol. The number of benzene rings is 2. The third-order valence-electron chi connectivity index (χ3n) is 11.2. The maximum absolute atomic E-state index is 5.97. The summed E-state index contributed by atoms with van der Waals surface area (Å²) in [4.78, 5) is 16.7. The Balaban J connectivity index is 0.000000142. The summed E-state index contributed by atoms with van der Waals surface area (Å²) in [6.45, 7) is 16.8. The first-order chi connectivity index (χ1) is 27.9. The third kappa shape index (κ3) is 8.86. The van der Waals surface area contributed by atoms with Gasteiger partial charge in [0.2, 0.25) is 0 Å². The summed E-state index contributed by atoms with van der Waals surface area (Å²) in [5, 5.41) is 10.7. The lowest BCUT2D eigenvalue weighted by atomic mass is 9.89. The van der Waals surface area contributed by atoms with Crippen LogP contribution >= 0.6 is 15.9 Å². The average molecular weight is 850 g/mol. The molecule has 0 atom stereocenters. The fourth-order valence-electron chi connectivity index (χ4n) is 6.94. The van der Waals surface area contributed by atoms with Gasteiger partial charge in [-0.25, -0.2) is 29.3 Å². The SMILES string of the molecule is C=CB1OC(C)(C)C(C)(C)O1.C=Cc1nn(C2CC(OCc3ccccc3)C2)c2ncnc(N)c12.Nc1ncnc2c1c(Br)nn2C1CC(OCc2ccccc2)C1. The quantitative estimate of drug-likeness (QED) is 0.128. The van der Waals surface area contributed by atoms with Gasteiger partial charge >= 0.3 is 7.12 Å². The topological polar surface area (TPSA) is 176 Å². The molecule has 3 aliphatic rings. The lowest BCUT2D eigenvalue weighted by molar-refractivity contribution is -0.0376. The summed E-state index contributed by atoms with van der Waals surface area (Å²) in [6, 6.07) is 21.0. The first-order valence-corrected chi connectivity index (χ1v) is 20.2. The molecule has 0 bridgehead atoms. The van der Waals surface area contributed by atoms with E-state index in [0.717, 1.165) is 53.4 Å². The van der Waals surface area contributed by atoms with Crippen LogP contribution in [0.2, 0.25) is 0 Å². The zero-order chi connectivity index (χ0) is 41.0. The number of ether oxygens (including phenoxy) is 2. The van der Waals surface area contributed by atoms with Crippen LogP contribution in [0.1, 0.15) is 82.3 Å². The summed E-state index contributed by atoms with van der Waals surface area (Å²) < 4.78 is 27.6. The average Bonchev–Trinajstić information content (AvgIpc) is 3.79. The molecule has 14 nitrogen and oxygen atoms in total. The van der Waals surface area contributed by atoms with Crippen molar-refractivity contribution in [1.82, 2.24) is 39.5 Å². The molecule has 2 aliphatic carbocycles. The Bertz CT molecular complexity index is 2330. The van der Waals surface area contributed by atoms with E-state index in [1.807, 2.05) is 73.5 Å². The molecule has 302 valence electrons. The second-order valence-electron chi connectivity index (χ2n) is 15.6. The largest absolute Gasteiger partial charge is 0.486 e. The van der Waals surface area contributed by atoms with Crippen LogP contribution in [-0.4, -0.2) is 70.0 Å². The molecule has 58 heavy (non-hydrogen) atoms. The van der Waals surface area contributed by atoms with Crippen LogP contribution < -0.4 is 11.5 Å². The summed E-state index contributed by atoms with van der Waals surface area (Å²) in [6.07, 6.45) is 8.86. The number of fused-ring (bicyclic) bond motifs is 2. The third-order valence-corrected chi connectivity index (χ3v) is 11.7. The minimum absolute atomic E-state index is 0.230. The Labute approximate surface area is 347 Å². The molecule has 2 aromatic carbocycles. The molecule has 4 N–H and O–H groups in total. The highest BCUT2D eigenvalue weighted by Crippen LogP contribution is 2.40. The molecule has 3 fully saturated rings. The maximum atomic E-state index is 5.97. The molecule has 0 radical (unpaired) electrons. The van der Waals surface area contributed by atoms with E-state index in [-0.39, 0.29) is 36.6 Å². The van der Waals surface area contributed by atoms with Gasteiger partial charge in [-0.2, -0.15) is 10.2 Å². The van der Waals surface area contributed by atoms with Gasteiger partial charge < -0.3 is 30.2 Å². The number of nitrogen functional groups attached to an aromatic ring is 2. The van der Waals surface area contributed by atoms with Gasteiger partial charge in [-0.1, -0.05) is 73.2 Å². The van der Waals surface area contributed by atoms with Gasteiger partial charge in [0.15, 0.2) is 11.3 Å². The van der Waals surface area contributed by atoms with Gasteiger partial charge in [0.05, 0.1) is 65.2 Å². The second kappa shape index (κ2) is 17.5. The van der Waals surface area contributed by atoms with Gasteiger partial charge in [-0.05, 0) is 86.5 Å². The smallest absolute Gasteiger partial charge is 0.400 e. The van der Waals surface area contributed by atoms with E-state index in [0.29, 0.717) is 35.5 Å². The Kier molecular flexibility index (Phi) is 12.4. The number of anilines is 2. The van der Waals surface area contributed by atoms with Crippen molar-refractivity contribution in [3.63, 3.8) is 0 Å². The molecule has 0 unspecified atom stereocenters. The van der Waals surface area contributed by atoms with Crippen molar-refractivity contribution in [2.45, 2.75) is 102 Å². The zero-order valence-corrected chi connectivity index (χ0v) is 35.0. The predicted octanol–water partition coefficient (Wildman–Crippen LogP) is 7.87. The van der Waals surface area contributed by atoms with Crippen molar-refractivity contribution in [3.8, 4) is 0 Å². The van der Waals surface area contributed by atoms with Crippen LogP contribution in [0, 0.1) is 0 Å². The molecule has 1 aliphatic heterocycles. The monoisotopic (exact) mass is 848 g/mol. The molecule has 2 saturated carbocycles. The summed E-state index contributed by atoms with van der Waals surface area (Å²) in [5.41, 5.74) is 16.1. The Morgan fingerprint density at radius 3 is 1.62 bits per heavy atom. The minimum atomic E-state index is -0.250. The molecule has 1 saturated heterocycles. The number of hydrogen-bond donors (Lipinski definition) is 2. The van der Waals surface area contributed by atoms with E-state index in [9.17, 15) is 0 Å². The van der Waals surface area contributed by atoms with Gasteiger partial charge in [-0.15, -0.1) is 6.58 Å². The number of rotatable bonds is 10. The molecule has 0 spiro atoms. The Morgan fingerprint density at radius 1 is 0.724 bits per heavy atom. The number of hydrogen-bond acceptors (Lipinski definition) is 12. The van der Waals surface area contributed by atoms with Gasteiger partial charge in [0.25, 0.3) is 0 Å². The van der Waals surface area contributed by atoms with Crippen LogP contribution in [0.25, 0.3) is 28.1 Å². The van der Waals surface area contributed by atoms with E-state index in [4.69, 9.17) is 30.2 Å². The fraction of sp³-hybridized carbons (Fsp3) is 0.381. The molecule has 6 aromatic rings. The van der Waals surface area contributed by atoms with Crippen LogP contribution in [0.3, 0.4) is 0 Å². The Hall–Kier alpha value is -5.00. The maximum Gasteiger partial charge on any atom is 0.486 e. The number of halogens is 1. The standard InChI is InChI=1S/C18H19N5O.C16H16BrN5O.C8H15BO2/c1-2-15-16-17(19)20-11-21-18(16)23(22-15)13-8-14(9-13)24-10-12-6-4-3-5-7-12;17-14-13-15(18)19-9-20-16(13)22(21-14)11-6-12(7-11)23-8-10-4-2-1-3-5-10;1-6-9-10-7(2,3)8(4,5)11-9/h2-7,11,13-14H,1,8-10H2,(H2,19,20,21);1-5,9,11-12H,6-8H2,(H2,18,19,20);6H,1H2,2-5H3. The van der Waals surface area contributed by atoms with Gasteiger partial charge in [-0.3, -0.25) is 0 Å². The van der Waals surface area contributed by atoms with Crippen LogP contribution in [0.5, 0.6) is 0 Å². The van der Waals surface area contributed by atoms with Crippen molar-refractivity contribution >= 4 is 62.8 Å². The lowest BCUT2D eigenvalue weighted by Gasteiger charge is -2.35. The molecular weight excluding hydrogens is 799 g/mol. The van der Waals surface area contributed by atoms with Gasteiger partial charge in [0.1, 0.15) is 28.9 Å². The first-order valence-electron chi connectivity index (χ1n) is 19.4. The van der Waals surface area contributed by atoms with E-state index in [1.165, 1.54) is 23.8 Å². The first kappa shape index (κ1) is 41.2. The van der Waals surface area contributed by atoms with Crippen molar-refractivity contribution in [2.75, 3.05) is 11.5 Å². The zero-order valence-electron chi connectivity index (χ0n) is 33.4. The van der Waals surface area contributed by atoms with Crippen LogP contribution in [0.4, 0.5) is 11.6 Å². The number of nitrogens with zero attached hydrogens (tertiary/aromatic N) is 8. The van der Waals surface area contributed by atoms with Crippen LogP contribution in [0.15, 0.2) is 97.1 Å². The molecule has 16 heteroatoms. The molecular formula is C42H50BBrN10O4. The highest BCUT2D eigenvalue weighted by Gasteiger charge is 2.49. The molecule has 9 rings (SSSR count). The van der Waals surface area contributed by atoms with Crippen molar-refractivity contribution < 1.29 is 18.8 Å².